The lowest BCUT2D eigenvalue weighted by molar-refractivity contribution is 0.623. The van der Waals surface area contributed by atoms with Crippen molar-refractivity contribution in [3.8, 4) is 0 Å². The molecule has 0 aliphatic heterocycles. The standard InChI is InChI=1S/C11H14ClN/c1-13-7-9-6-5-8-3-2-4-10(12)11(8)9/h2-4,9,13H,5-7H2,1H3. The molecular formula is C11H14ClN. The zero-order valence-electron chi connectivity index (χ0n) is 7.81. The van der Waals surface area contributed by atoms with E-state index in [1.54, 1.807) is 0 Å². The molecule has 1 aromatic rings. The van der Waals surface area contributed by atoms with E-state index in [-0.39, 0.29) is 0 Å². The van der Waals surface area contributed by atoms with E-state index in [0.717, 1.165) is 11.6 Å². The molecule has 1 nitrogen and oxygen atoms in total. The number of benzene rings is 1. The lowest BCUT2D eigenvalue weighted by atomic mass is 10.0. The van der Waals surface area contributed by atoms with Crippen LogP contribution < -0.4 is 5.32 Å². The molecule has 1 unspecified atom stereocenters. The van der Waals surface area contributed by atoms with Gasteiger partial charge in [0.2, 0.25) is 0 Å². The number of rotatable bonds is 2. The molecule has 0 saturated carbocycles. The number of likely N-dealkylation sites (N-methyl/N-ethyl adjacent to an activating group) is 1. The van der Waals surface area contributed by atoms with Crippen LogP contribution in [0.3, 0.4) is 0 Å². The second-order valence-corrected chi connectivity index (χ2v) is 4.01. The molecule has 1 aromatic carbocycles. The van der Waals surface area contributed by atoms with E-state index in [1.807, 2.05) is 19.2 Å². The second kappa shape index (κ2) is 3.69. The normalized spacial score (nSPS) is 20.3. The van der Waals surface area contributed by atoms with Gasteiger partial charge in [0.25, 0.3) is 0 Å². The fraction of sp³-hybridized carbons (Fsp3) is 0.455. The first-order valence-corrected chi connectivity index (χ1v) is 5.12. The predicted octanol–water partition coefficient (Wildman–Crippen LogP) is 2.59. The summed E-state index contributed by atoms with van der Waals surface area (Å²) < 4.78 is 0. The molecule has 0 fully saturated rings. The van der Waals surface area contributed by atoms with Crippen molar-refractivity contribution in [2.45, 2.75) is 18.8 Å². The summed E-state index contributed by atoms with van der Waals surface area (Å²) in [5.41, 5.74) is 2.81. The molecule has 0 radical (unpaired) electrons. The first kappa shape index (κ1) is 9.04. The Morgan fingerprint density at radius 2 is 2.38 bits per heavy atom. The summed E-state index contributed by atoms with van der Waals surface area (Å²) in [4.78, 5) is 0. The van der Waals surface area contributed by atoms with Crippen molar-refractivity contribution in [2.24, 2.45) is 0 Å². The number of hydrogen-bond donors (Lipinski definition) is 1. The Balaban J connectivity index is 2.34. The molecule has 1 aliphatic carbocycles. The van der Waals surface area contributed by atoms with Gasteiger partial charge in [-0.3, -0.25) is 0 Å². The number of aryl methyl sites for hydroxylation is 1. The van der Waals surface area contributed by atoms with Gasteiger partial charge >= 0.3 is 0 Å². The van der Waals surface area contributed by atoms with Crippen molar-refractivity contribution in [1.82, 2.24) is 5.32 Å². The number of nitrogens with one attached hydrogen (secondary N) is 1. The van der Waals surface area contributed by atoms with Crippen LogP contribution >= 0.6 is 11.6 Å². The van der Waals surface area contributed by atoms with E-state index in [0.29, 0.717) is 5.92 Å². The monoisotopic (exact) mass is 195 g/mol. The van der Waals surface area contributed by atoms with Gasteiger partial charge in [-0.1, -0.05) is 23.7 Å². The van der Waals surface area contributed by atoms with E-state index in [4.69, 9.17) is 11.6 Å². The van der Waals surface area contributed by atoms with Crippen LogP contribution in [0, 0.1) is 0 Å². The Kier molecular flexibility index (Phi) is 2.56. The quantitative estimate of drug-likeness (QED) is 0.765. The first-order valence-electron chi connectivity index (χ1n) is 4.75. The summed E-state index contributed by atoms with van der Waals surface area (Å²) in [5, 5.41) is 4.16. The largest absolute Gasteiger partial charge is 0.319 e. The highest BCUT2D eigenvalue weighted by Crippen LogP contribution is 2.37. The maximum absolute atomic E-state index is 6.17. The molecule has 0 saturated heterocycles. The van der Waals surface area contributed by atoms with Crippen molar-refractivity contribution in [2.75, 3.05) is 13.6 Å². The van der Waals surface area contributed by atoms with Crippen molar-refractivity contribution >= 4 is 11.6 Å². The summed E-state index contributed by atoms with van der Waals surface area (Å²) in [6.07, 6.45) is 2.42. The molecular weight excluding hydrogens is 182 g/mol. The van der Waals surface area contributed by atoms with Crippen LogP contribution in [-0.2, 0) is 6.42 Å². The third-order valence-corrected chi connectivity index (χ3v) is 3.09. The van der Waals surface area contributed by atoms with Gasteiger partial charge in [-0.05, 0) is 43.0 Å². The highest BCUT2D eigenvalue weighted by atomic mass is 35.5. The van der Waals surface area contributed by atoms with Crippen LogP contribution in [0.1, 0.15) is 23.5 Å². The number of halogens is 1. The van der Waals surface area contributed by atoms with Gasteiger partial charge < -0.3 is 5.32 Å². The highest BCUT2D eigenvalue weighted by Gasteiger charge is 2.23. The van der Waals surface area contributed by atoms with Gasteiger partial charge in [-0.25, -0.2) is 0 Å². The Labute approximate surface area is 84.1 Å². The van der Waals surface area contributed by atoms with Crippen molar-refractivity contribution in [3.05, 3.63) is 34.3 Å². The molecule has 1 aliphatic rings. The van der Waals surface area contributed by atoms with Crippen LogP contribution in [-0.4, -0.2) is 13.6 Å². The fourth-order valence-electron chi connectivity index (χ4n) is 2.18. The van der Waals surface area contributed by atoms with E-state index in [2.05, 4.69) is 11.4 Å². The number of fused-ring (bicyclic) bond motifs is 1. The Morgan fingerprint density at radius 3 is 3.15 bits per heavy atom. The fourth-order valence-corrected chi connectivity index (χ4v) is 2.53. The molecule has 2 rings (SSSR count). The second-order valence-electron chi connectivity index (χ2n) is 3.61. The summed E-state index contributed by atoms with van der Waals surface area (Å²) in [6.45, 7) is 1.04. The maximum atomic E-state index is 6.17. The molecule has 2 heteroatoms. The molecule has 0 amide bonds. The van der Waals surface area contributed by atoms with Gasteiger partial charge in [0.1, 0.15) is 0 Å². The molecule has 70 valence electrons. The molecule has 0 heterocycles. The van der Waals surface area contributed by atoms with E-state index >= 15 is 0 Å². The molecule has 1 N–H and O–H groups in total. The van der Waals surface area contributed by atoms with Gasteiger partial charge in [-0.2, -0.15) is 0 Å². The van der Waals surface area contributed by atoms with Crippen LogP contribution in [0.15, 0.2) is 18.2 Å². The summed E-state index contributed by atoms with van der Waals surface area (Å²) in [6, 6.07) is 6.23. The topological polar surface area (TPSA) is 12.0 Å². The smallest absolute Gasteiger partial charge is 0.0444 e. The first-order chi connectivity index (χ1) is 6.33. The van der Waals surface area contributed by atoms with E-state index in [1.165, 1.54) is 24.0 Å². The summed E-state index contributed by atoms with van der Waals surface area (Å²) in [5.74, 6) is 0.619. The lowest BCUT2D eigenvalue weighted by Crippen LogP contribution is -2.15. The van der Waals surface area contributed by atoms with E-state index < -0.39 is 0 Å². The molecule has 13 heavy (non-hydrogen) atoms. The van der Waals surface area contributed by atoms with Gasteiger partial charge in [-0.15, -0.1) is 0 Å². The molecule has 0 spiro atoms. The molecule has 0 bridgehead atoms. The average Bonchev–Trinajstić information content (AvgIpc) is 2.51. The third-order valence-electron chi connectivity index (χ3n) is 2.76. The summed E-state index contributed by atoms with van der Waals surface area (Å²) in [7, 11) is 1.99. The van der Waals surface area contributed by atoms with Crippen molar-refractivity contribution in [3.63, 3.8) is 0 Å². The lowest BCUT2D eigenvalue weighted by Gasteiger charge is -2.11. The maximum Gasteiger partial charge on any atom is 0.0444 e. The minimum absolute atomic E-state index is 0.619. The minimum Gasteiger partial charge on any atom is -0.319 e. The Hall–Kier alpha value is -0.530. The van der Waals surface area contributed by atoms with E-state index in [9.17, 15) is 0 Å². The third kappa shape index (κ3) is 1.59. The zero-order valence-corrected chi connectivity index (χ0v) is 8.56. The zero-order chi connectivity index (χ0) is 9.26. The van der Waals surface area contributed by atoms with Crippen molar-refractivity contribution < 1.29 is 0 Å². The molecule has 0 aromatic heterocycles. The predicted molar refractivity (Wildman–Crippen MR) is 56.4 cm³/mol. The minimum atomic E-state index is 0.619. The highest BCUT2D eigenvalue weighted by molar-refractivity contribution is 6.31. The van der Waals surface area contributed by atoms with Crippen LogP contribution in [0.4, 0.5) is 0 Å². The van der Waals surface area contributed by atoms with Crippen LogP contribution in [0.5, 0.6) is 0 Å². The Morgan fingerprint density at radius 1 is 1.54 bits per heavy atom. The van der Waals surface area contributed by atoms with Gasteiger partial charge in [0.05, 0.1) is 0 Å². The molecule has 1 atom stereocenters. The summed E-state index contributed by atoms with van der Waals surface area (Å²) >= 11 is 6.17. The SMILES string of the molecule is CNCC1CCc2cccc(Cl)c21. The van der Waals surface area contributed by atoms with Crippen LogP contribution in [0.2, 0.25) is 5.02 Å². The van der Waals surface area contributed by atoms with Gasteiger partial charge in [0, 0.05) is 11.6 Å². The number of hydrogen-bond acceptors (Lipinski definition) is 1. The van der Waals surface area contributed by atoms with Crippen LogP contribution in [0.25, 0.3) is 0 Å². The average molecular weight is 196 g/mol. The van der Waals surface area contributed by atoms with Crippen molar-refractivity contribution in [1.29, 1.82) is 0 Å². The Bertz CT molecular complexity index is 307. The van der Waals surface area contributed by atoms with Gasteiger partial charge in [0.15, 0.2) is 0 Å².